The lowest BCUT2D eigenvalue weighted by Gasteiger charge is -2.20. The first-order chi connectivity index (χ1) is 17.1. The lowest BCUT2D eigenvalue weighted by molar-refractivity contribution is 0.0934. The number of nitrogen functional groups attached to an aromatic ring is 1. The van der Waals surface area contributed by atoms with Gasteiger partial charge in [-0.15, -0.1) is 0 Å². The van der Waals surface area contributed by atoms with Crippen LogP contribution in [0.15, 0.2) is 109 Å². The molecule has 2 heterocycles. The number of amides is 1. The van der Waals surface area contributed by atoms with Crippen LogP contribution in [0.3, 0.4) is 0 Å². The molecule has 172 valence electrons. The van der Waals surface area contributed by atoms with Crippen LogP contribution in [-0.2, 0) is 6.54 Å². The van der Waals surface area contributed by atoms with E-state index in [2.05, 4.69) is 10.3 Å². The monoisotopic (exact) mass is 459 g/mol. The number of aromatic nitrogens is 2. The van der Waals surface area contributed by atoms with Gasteiger partial charge in [0.15, 0.2) is 0 Å². The van der Waals surface area contributed by atoms with Crippen LogP contribution < -0.4 is 11.1 Å². The van der Waals surface area contributed by atoms with Crippen LogP contribution in [0.1, 0.15) is 38.8 Å². The van der Waals surface area contributed by atoms with Gasteiger partial charge in [-0.05, 0) is 47.0 Å². The lowest BCUT2D eigenvalue weighted by atomic mass is 9.99. The van der Waals surface area contributed by atoms with E-state index in [-0.39, 0.29) is 17.8 Å². The molecule has 4 N–H and O–H groups in total. The zero-order valence-corrected chi connectivity index (χ0v) is 19.1. The van der Waals surface area contributed by atoms with E-state index >= 15 is 0 Å². The summed E-state index contributed by atoms with van der Waals surface area (Å²) < 4.78 is 2.01. The van der Waals surface area contributed by atoms with Crippen molar-refractivity contribution in [1.82, 2.24) is 14.9 Å². The van der Waals surface area contributed by atoms with Gasteiger partial charge in [0.1, 0.15) is 11.5 Å². The second-order valence-electron chi connectivity index (χ2n) is 8.39. The van der Waals surface area contributed by atoms with E-state index in [4.69, 9.17) is 11.1 Å². The van der Waals surface area contributed by atoms with E-state index in [9.17, 15) is 4.79 Å². The third-order valence-electron chi connectivity index (χ3n) is 6.07. The van der Waals surface area contributed by atoms with E-state index in [1.807, 2.05) is 102 Å². The number of hydrogen-bond acceptors (Lipinski definition) is 3. The Morgan fingerprint density at radius 3 is 2.37 bits per heavy atom. The summed E-state index contributed by atoms with van der Waals surface area (Å²) in [7, 11) is 0. The molecule has 2 aromatic heterocycles. The maximum absolute atomic E-state index is 13.8. The molecule has 6 nitrogen and oxygen atoms in total. The SMILES string of the molecule is N=C(N)c1cccc(Cn2c(C(=O)NC(c3ccccc3)c3ccncc3)cc3ccccc32)c1. The number of para-hydroxylation sites is 1. The van der Waals surface area contributed by atoms with Crippen LogP contribution in [-0.4, -0.2) is 21.3 Å². The Morgan fingerprint density at radius 2 is 1.60 bits per heavy atom. The Labute approximate surface area is 203 Å². The number of benzene rings is 3. The fraction of sp³-hybridized carbons (Fsp3) is 0.0690. The second-order valence-corrected chi connectivity index (χ2v) is 8.39. The van der Waals surface area contributed by atoms with Gasteiger partial charge in [-0.2, -0.15) is 0 Å². The number of nitrogens with zero attached hydrogens (tertiary/aromatic N) is 2. The second kappa shape index (κ2) is 9.65. The highest BCUT2D eigenvalue weighted by molar-refractivity contribution is 5.99. The predicted octanol–water partition coefficient (Wildman–Crippen LogP) is 4.89. The molecule has 1 amide bonds. The summed E-state index contributed by atoms with van der Waals surface area (Å²) >= 11 is 0. The lowest BCUT2D eigenvalue weighted by Crippen LogP contribution is -2.31. The molecule has 0 bridgehead atoms. The van der Waals surface area contributed by atoms with Crippen molar-refractivity contribution in [1.29, 1.82) is 5.41 Å². The van der Waals surface area contributed by atoms with Gasteiger partial charge in [-0.25, -0.2) is 0 Å². The van der Waals surface area contributed by atoms with Crippen LogP contribution in [0.5, 0.6) is 0 Å². The number of fused-ring (bicyclic) bond motifs is 1. The van der Waals surface area contributed by atoms with Gasteiger partial charge in [0.05, 0.1) is 6.04 Å². The minimum absolute atomic E-state index is 0.0187. The first kappa shape index (κ1) is 22.1. The molecule has 6 heteroatoms. The first-order valence-electron chi connectivity index (χ1n) is 11.4. The standard InChI is InChI=1S/C29H25N5O/c30-28(31)24-11-6-7-20(17-24)19-34-25-12-5-4-10-23(25)18-26(34)29(35)33-27(21-8-2-1-3-9-21)22-13-15-32-16-14-22/h1-18,27H,19H2,(H3,30,31)(H,33,35). The third kappa shape index (κ3) is 4.68. The highest BCUT2D eigenvalue weighted by Gasteiger charge is 2.21. The zero-order valence-electron chi connectivity index (χ0n) is 19.1. The number of nitrogens with two attached hydrogens (primary N) is 1. The molecule has 0 radical (unpaired) electrons. The van der Waals surface area contributed by atoms with E-state index in [0.29, 0.717) is 17.8 Å². The molecule has 0 fully saturated rings. The summed E-state index contributed by atoms with van der Waals surface area (Å²) in [4.78, 5) is 17.9. The normalized spacial score (nSPS) is 11.8. The summed E-state index contributed by atoms with van der Waals surface area (Å²) in [6, 6.07) is 30.9. The molecule has 0 aliphatic carbocycles. The smallest absolute Gasteiger partial charge is 0.268 e. The Balaban J connectivity index is 1.54. The number of rotatable bonds is 7. The zero-order chi connectivity index (χ0) is 24.2. The van der Waals surface area contributed by atoms with Crippen molar-refractivity contribution < 1.29 is 4.79 Å². The van der Waals surface area contributed by atoms with Gasteiger partial charge in [-0.3, -0.25) is 15.2 Å². The molecule has 0 saturated carbocycles. The third-order valence-corrected chi connectivity index (χ3v) is 6.07. The van der Waals surface area contributed by atoms with Crippen LogP contribution in [0, 0.1) is 5.41 Å². The van der Waals surface area contributed by atoms with Crippen molar-refractivity contribution in [3.05, 3.63) is 137 Å². The molecule has 0 aliphatic rings. The minimum atomic E-state index is -0.320. The van der Waals surface area contributed by atoms with Crippen molar-refractivity contribution in [3.63, 3.8) is 0 Å². The number of carbonyl (C=O) groups is 1. The van der Waals surface area contributed by atoms with Gasteiger partial charge < -0.3 is 15.6 Å². The van der Waals surface area contributed by atoms with E-state index in [0.717, 1.165) is 27.6 Å². The summed E-state index contributed by atoms with van der Waals surface area (Å²) in [5, 5.41) is 12.0. The molecule has 0 spiro atoms. The fourth-order valence-corrected chi connectivity index (χ4v) is 4.35. The van der Waals surface area contributed by atoms with Gasteiger partial charge >= 0.3 is 0 Å². The molecule has 3 aromatic carbocycles. The number of amidine groups is 1. The van der Waals surface area contributed by atoms with E-state index < -0.39 is 0 Å². The summed E-state index contributed by atoms with van der Waals surface area (Å²) in [5.74, 6) is -0.153. The Kier molecular flexibility index (Phi) is 6.09. The number of hydrogen-bond donors (Lipinski definition) is 3. The maximum Gasteiger partial charge on any atom is 0.268 e. The number of nitrogens with one attached hydrogen (secondary N) is 2. The van der Waals surface area contributed by atoms with Crippen molar-refractivity contribution in [2.45, 2.75) is 12.6 Å². The molecular weight excluding hydrogens is 434 g/mol. The molecule has 0 saturated heterocycles. The van der Waals surface area contributed by atoms with Gasteiger partial charge in [0.2, 0.25) is 0 Å². The fourth-order valence-electron chi connectivity index (χ4n) is 4.35. The molecule has 0 aliphatic heterocycles. The van der Waals surface area contributed by atoms with Gasteiger partial charge in [0, 0.05) is 35.4 Å². The maximum atomic E-state index is 13.8. The van der Waals surface area contributed by atoms with Crippen LogP contribution in [0.2, 0.25) is 0 Å². The highest BCUT2D eigenvalue weighted by Crippen LogP contribution is 2.25. The Hall–Kier alpha value is -4.71. The summed E-state index contributed by atoms with van der Waals surface area (Å²) in [6.45, 7) is 0.475. The average Bonchev–Trinajstić information content (AvgIpc) is 3.27. The van der Waals surface area contributed by atoms with E-state index in [1.54, 1.807) is 12.4 Å². The van der Waals surface area contributed by atoms with Crippen LogP contribution in [0.4, 0.5) is 0 Å². The van der Waals surface area contributed by atoms with Crippen molar-refractivity contribution in [3.8, 4) is 0 Å². The first-order valence-corrected chi connectivity index (χ1v) is 11.4. The molecular formula is C29H25N5O. The van der Waals surface area contributed by atoms with Crippen molar-refractivity contribution >= 4 is 22.6 Å². The van der Waals surface area contributed by atoms with Gasteiger partial charge in [-0.1, -0.05) is 66.7 Å². The average molecular weight is 460 g/mol. The van der Waals surface area contributed by atoms with E-state index in [1.165, 1.54) is 0 Å². The van der Waals surface area contributed by atoms with Crippen LogP contribution >= 0.6 is 0 Å². The minimum Gasteiger partial charge on any atom is -0.384 e. The molecule has 35 heavy (non-hydrogen) atoms. The van der Waals surface area contributed by atoms with Crippen molar-refractivity contribution in [2.24, 2.45) is 5.73 Å². The quantitative estimate of drug-likeness (QED) is 0.239. The van der Waals surface area contributed by atoms with Crippen LogP contribution in [0.25, 0.3) is 10.9 Å². The summed E-state index contributed by atoms with van der Waals surface area (Å²) in [5.41, 5.74) is 10.8. The Bertz CT molecular complexity index is 1450. The van der Waals surface area contributed by atoms with Crippen molar-refractivity contribution in [2.75, 3.05) is 0 Å². The topological polar surface area (TPSA) is 96.8 Å². The molecule has 5 aromatic rings. The predicted molar refractivity (Wildman–Crippen MR) is 138 cm³/mol. The number of pyridine rings is 1. The summed E-state index contributed by atoms with van der Waals surface area (Å²) in [6.07, 6.45) is 3.47. The molecule has 5 rings (SSSR count). The molecule has 1 unspecified atom stereocenters. The molecule has 1 atom stereocenters. The largest absolute Gasteiger partial charge is 0.384 e. The van der Waals surface area contributed by atoms with Gasteiger partial charge in [0.25, 0.3) is 5.91 Å². The highest BCUT2D eigenvalue weighted by atomic mass is 16.2. The number of carbonyl (C=O) groups excluding carboxylic acids is 1. The Morgan fingerprint density at radius 1 is 0.886 bits per heavy atom.